The van der Waals surface area contributed by atoms with Gasteiger partial charge in [0.05, 0.1) is 11.3 Å². The van der Waals surface area contributed by atoms with E-state index in [1.807, 2.05) is 4.72 Å². The lowest BCUT2D eigenvalue weighted by Crippen LogP contribution is -2.34. The highest BCUT2D eigenvalue weighted by molar-refractivity contribution is 7.87. The first kappa shape index (κ1) is 20.5. The van der Waals surface area contributed by atoms with Gasteiger partial charge in [0.25, 0.3) is 10.2 Å². The fourth-order valence-corrected chi connectivity index (χ4v) is 2.23. The minimum atomic E-state index is -4.90. The van der Waals surface area contributed by atoms with Gasteiger partial charge in [-0.1, -0.05) is 0 Å². The van der Waals surface area contributed by atoms with Crippen molar-refractivity contribution in [3.63, 3.8) is 0 Å². The van der Waals surface area contributed by atoms with Gasteiger partial charge in [0.2, 0.25) is 5.82 Å². The van der Waals surface area contributed by atoms with Gasteiger partial charge < -0.3 is 11.1 Å². The number of rotatable bonds is 7. The minimum Gasteiger partial charge on any atom is -0.382 e. The van der Waals surface area contributed by atoms with Crippen LogP contribution in [0.3, 0.4) is 0 Å². The van der Waals surface area contributed by atoms with Crippen LogP contribution in [0.4, 0.5) is 29.1 Å². The molecule has 6 N–H and O–H groups in total. The van der Waals surface area contributed by atoms with E-state index in [2.05, 4.69) is 25.3 Å². The molecule has 0 aliphatic heterocycles. The Bertz CT molecular complexity index is 943. The Morgan fingerprint density at radius 3 is 2.59 bits per heavy atom. The molecule has 0 bridgehead atoms. The Kier molecular flexibility index (Phi) is 5.97. The molecule has 1 aromatic carbocycles. The lowest BCUT2D eigenvalue weighted by Gasteiger charge is -2.08. The van der Waals surface area contributed by atoms with Crippen LogP contribution in [0.1, 0.15) is 11.3 Å². The highest BCUT2D eigenvalue weighted by Crippen LogP contribution is 2.33. The first-order valence-corrected chi connectivity index (χ1v) is 8.57. The van der Waals surface area contributed by atoms with Crippen molar-refractivity contribution in [3.8, 4) is 0 Å². The van der Waals surface area contributed by atoms with E-state index in [-0.39, 0.29) is 36.1 Å². The smallest absolute Gasteiger partial charge is 0.382 e. The van der Waals surface area contributed by atoms with Crippen LogP contribution in [0.2, 0.25) is 0 Å². The third-order valence-electron chi connectivity index (χ3n) is 2.96. The number of hydrogen-bond acceptors (Lipinski definition) is 7. The summed E-state index contributed by atoms with van der Waals surface area (Å²) < 4.78 is 79.5. The lowest BCUT2D eigenvalue weighted by molar-refractivity contribution is -0.139. The van der Waals surface area contributed by atoms with Gasteiger partial charge in [-0.15, -0.1) is 0 Å². The first-order chi connectivity index (χ1) is 12.5. The SMILES string of the molecule is NC(=Nc1ccc(F)c(C(F)(F)F)c1)c1nonc1NCCNS(N)(=O)=O. The molecule has 15 heteroatoms. The summed E-state index contributed by atoms with van der Waals surface area (Å²) in [4.78, 5) is 3.74. The fourth-order valence-electron chi connectivity index (χ4n) is 1.84. The largest absolute Gasteiger partial charge is 0.419 e. The van der Waals surface area contributed by atoms with E-state index in [0.717, 1.165) is 6.07 Å². The Labute approximate surface area is 149 Å². The predicted molar refractivity (Wildman–Crippen MR) is 85.7 cm³/mol. The molecule has 0 fully saturated rings. The number of aliphatic imine (C=N–C) groups is 1. The molecule has 2 rings (SSSR count). The van der Waals surface area contributed by atoms with Crippen LogP contribution in [-0.4, -0.2) is 37.7 Å². The van der Waals surface area contributed by atoms with E-state index in [0.29, 0.717) is 12.1 Å². The Morgan fingerprint density at radius 1 is 1.26 bits per heavy atom. The molecule has 0 radical (unpaired) electrons. The summed E-state index contributed by atoms with van der Waals surface area (Å²) >= 11 is 0. The fraction of sp³-hybridized carbons (Fsp3) is 0.250. The Morgan fingerprint density at radius 2 is 1.96 bits per heavy atom. The lowest BCUT2D eigenvalue weighted by atomic mass is 10.2. The molecule has 0 atom stereocenters. The number of aromatic nitrogens is 2. The van der Waals surface area contributed by atoms with Crippen LogP contribution in [0.5, 0.6) is 0 Å². The van der Waals surface area contributed by atoms with Gasteiger partial charge in [-0.05, 0) is 28.5 Å². The number of nitrogens with two attached hydrogens (primary N) is 2. The van der Waals surface area contributed by atoms with Crippen LogP contribution in [0, 0.1) is 5.82 Å². The molecular formula is C12H13F4N7O3S. The van der Waals surface area contributed by atoms with Crippen molar-refractivity contribution < 1.29 is 30.6 Å². The second-order valence-corrected chi connectivity index (χ2v) is 6.37. The van der Waals surface area contributed by atoms with Gasteiger partial charge in [0.1, 0.15) is 5.82 Å². The summed E-state index contributed by atoms with van der Waals surface area (Å²) in [5.41, 5.74) is 3.78. The summed E-state index contributed by atoms with van der Waals surface area (Å²) in [5.74, 6) is -1.85. The number of anilines is 1. The topological polar surface area (TPSA) is 162 Å². The minimum absolute atomic E-state index is 0.0136. The molecule has 2 aromatic rings. The number of nitrogens with one attached hydrogen (secondary N) is 2. The quantitative estimate of drug-likeness (QED) is 0.223. The Hall–Kier alpha value is -2.78. The zero-order valence-electron chi connectivity index (χ0n) is 13.3. The maximum Gasteiger partial charge on any atom is 0.419 e. The number of hydrogen-bond donors (Lipinski definition) is 4. The molecule has 0 unspecified atom stereocenters. The van der Waals surface area contributed by atoms with Gasteiger partial charge in [-0.2, -0.15) is 21.6 Å². The second kappa shape index (κ2) is 7.85. The van der Waals surface area contributed by atoms with Crippen LogP contribution in [0.15, 0.2) is 27.8 Å². The van der Waals surface area contributed by atoms with Crippen LogP contribution in [0.25, 0.3) is 0 Å². The number of halogens is 4. The summed E-state index contributed by atoms with van der Waals surface area (Å²) in [6.45, 7) is -0.0885. The molecular weight excluding hydrogens is 398 g/mol. The molecule has 10 nitrogen and oxygen atoms in total. The number of alkyl halides is 3. The standard InChI is InChI=1S/C12H13F4N7O3S/c13-8-2-1-6(5-7(8)12(14,15)16)21-10(17)9-11(23-26-22-9)19-3-4-20-27(18,24)25/h1-2,5,20H,3-4H2,(H2,17,21)(H,19,23)(H2,18,24,25). The molecule has 0 saturated heterocycles. The van der Waals surface area contributed by atoms with Crippen molar-refractivity contribution in [2.75, 3.05) is 18.4 Å². The maximum absolute atomic E-state index is 13.3. The molecule has 148 valence electrons. The number of nitrogens with zero attached hydrogens (tertiary/aromatic N) is 3. The van der Waals surface area contributed by atoms with Crippen molar-refractivity contribution in [2.45, 2.75) is 6.18 Å². The van der Waals surface area contributed by atoms with Crippen LogP contribution >= 0.6 is 0 Å². The third kappa shape index (κ3) is 5.87. The van der Waals surface area contributed by atoms with Crippen LogP contribution < -0.4 is 20.9 Å². The molecule has 0 aliphatic carbocycles. The summed E-state index contributed by atoms with van der Waals surface area (Å²) in [6, 6.07) is 2.08. The van der Waals surface area contributed by atoms with Crippen molar-refractivity contribution in [1.29, 1.82) is 0 Å². The normalized spacial score (nSPS) is 13.0. The molecule has 0 amide bonds. The van der Waals surface area contributed by atoms with Crippen molar-refractivity contribution >= 4 is 27.6 Å². The second-order valence-electron chi connectivity index (χ2n) is 4.99. The average Bonchev–Trinajstić information content (AvgIpc) is 3.00. The van der Waals surface area contributed by atoms with E-state index in [1.54, 1.807) is 0 Å². The maximum atomic E-state index is 13.3. The van der Waals surface area contributed by atoms with E-state index < -0.39 is 27.8 Å². The zero-order chi connectivity index (χ0) is 20.2. The highest BCUT2D eigenvalue weighted by Gasteiger charge is 2.34. The zero-order valence-corrected chi connectivity index (χ0v) is 14.1. The summed E-state index contributed by atoms with van der Waals surface area (Å²) in [7, 11) is -3.87. The number of amidine groups is 1. The van der Waals surface area contributed by atoms with E-state index >= 15 is 0 Å². The molecule has 1 heterocycles. The average molecular weight is 411 g/mol. The summed E-state index contributed by atoms with van der Waals surface area (Å²) in [5, 5.41) is 14.3. The molecule has 1 aromatic heterocycles. The van der Waals surface area contributed by atoms with Crippen molar-refractivity contribution in [2.24, 2.45) is 15.9 Å². The third-order valence-corrected chi connectivity index (χ3v) is 3.56. The summed E-state index contributed by atoms with van der Waals surface area (Å²) in [6.07, 6.45) is -4.90. The number of benzene rings is 1. The van der Waals surface area contributed by atoms with Gasteiger partial charge in [0.15, 0.2) is 11.5 Å². The van der Waals surface area contributed by atoms with E-state index in [4.69, 9.17) is 10.9 Å². The molecule has 0 spiro atoms. The predicted octanol–water partition coefficient (Wildman–Crippen LogP) is 0.469. The molecule has 27 heavy (non-hydrogen) atoms. The van der Waals surface area contributed by atoms with Crippen molar-refractivity contribution in [1.82, 2.24) is 15.0 Å². The van der Waals surface area contributed by atoms with Crippen molar-refractivity contribution in [3.05, 3.63) is 35.3 Å². The molecule has 0 aliphatic rings. The first-order valence-electron chi connectivity index (χ1n) is 7.02. The Balaban J connectivity index is 2.17. The van der Waals surface area contributed by atoms with Gasteiger partial charge in [0, 0.05) is 13.1 Å². The van der Waals surface area contributed by atoms with E-state index in [1.165, 1.54) is 0 Å². The van der Waals surface area contributed by atoms with Gasteiger partial charge in [-0.3, -0.25) is 0 Å². The monoisotopic (exact) mass is 411 g/mol. The van der Waals surface area contributed by atoms with Gasteiger partial charge in [-0.25, -0.2) is 23.9 Å². The highest BCUT2D eigenvalue weighted by atomic mass is 32.2. The van der Waals surface area contributed by atoms with E-state index in [9.17, 15) is 26.0 Å². The van der Waals surface area contributed by atoms with Crippen LogP contribution in [-0.2, 0) is 16.4 Å². The molecule has 0 saturated carbocycles. The van der Waals surface area contributed by atoms with Gasteiger partial charge >= 0.3 is 6.18 Å².